The summed E-state index contributed by atoms with van der Waals surface area (Å²) in [6, 6.07) is 6.38. The number of nitrogens with zero attached hydrogens (tertiary/aromatic N) is 2. The van der Waals surface area contributed by atoms with Crippen LogP contribution in [0, 0.1) is 11.3 Å². The van der Waals surface area contributed by atoms with Gasteiger partial charge >= 0.3 is 0 Å². The third kappa shape index (κ3) is 3.83. The molecular weight excluding hydrogens is 222 g/mol. The summed E-state index contributed by atoms with van der Waals surface area (Å²) in [7, 11) is 1.45. The first-order valence-corrected chi connectivity index (χ1v) is 4.73. The molecule has 0 heterocycles. The molecule has 2 N–H and O–H groups in total. The maximum absolute atomic E-state index is 10.9. The fraction of sp³-hybridized carbons (Fsp3) is 0.182. The standard InChI is InChI=1S/C11H11N3O3/c1-17-10-3-2-8(6-9(10)15)7-13-14-11(16)4-5-12/h2-3,6-7,15H,4H2,1H3,(H,14,16). The summed E-state index contributed by atoms with van der Waals surface area (Å²) >= 11 is 0. The number of carbonyl (C=O) groups excluding carboxylic acids is 1. The van der Waals surface area contributed by atoms with E-state index in [1.165, 1.54) is 19.4 Å². The molecule has 6 heteroatoms. The van der Waals surface area contributed by atoms with Crippen molar-refractivity contribution in [3.63, 3.8) is 0 Å². The van der Waals surface area contributed by atoms with Gasteiger partial charge in [0.05, 0.1) is 19.4 Å². The maximum atomic E-state index is 10.9. The number of hydrogen-bond donors (Lipinski definition) is 2. The number of carbonyl (C=O) groups is 1. The lowest BCUT2D eigenvalue weighted by Gasteiger charge is -2.02. The van der Waals surface area contributed by atoms with Gasteiger partial charge < -0.3 is 9.84 Å². The van der Waals surface area contributed by atoms with Gasteiger partial charge in [0.2, 0.25) is 0 Å². The van der Waals surface area contributed by atoms with Crippen molar-refractivity contribution in [3.05, 3.63) is 23.8 Å². The maximum Gasteiger partial charge on any atom is 0.254 e. The van der Waals surface area contributed by atoms with Crippen LogP contribution in [-0.4, -0.2) is 24.3 Å². The van der Waals surface area contributed by atoms with Crippen LogP contribution in [0.4, 0.5) is 0 Å². The molecule has 0 unspecified atom stereocenters. The highest BCUT2D eigenvalue weighted by Crippen LogP contribution is 2.25. The van der Waals surface area contributed by atoms with Gasteiger partial charge in [-0.05, 0) is 23.8 Å². The van der Waals surface area contributed by atoms with Crippen molar-refractivity contribution in [3.8, 4) is 17.6 Å². The Morgan fingerprint density at radius 1 is 1.71 bits per heavy atom. The third-order valence-electron chi connectivity index (χ3n) is 1.85. The molecule has 0 aliphatic carbocycles. The number of rotatable bonds is 4. The van der Waals surface area contributed by atoms with Gasteiger partial charge in [-0.3, -0.25) is 4.79 Å². The molecule has 0 bridgehead atoms. The molecular formula is C11H11N3O3. The van der Waals surface area contributed by atoms with E-state index < -0.39 is 5.91 Å². The molecule has 17 heavy (non-hydrogen) atoms. The largest absolute Gasteiger partial charge is 0.504 e. The highest BCUT2D eigenvalue weighted by atomic mass is 16.5. The number of hydrogen-bond acceptors (Lipinski definition) is 5. The molecule has 0 aliphatic heterocycles. The minimum atomic E-state index is -0.485. The highest BCUT2D eigenvalue weighted by molar-refractivity contribution is 5.83. The molecule has 1 amide bonds. The molecule has 1 rings (SSSR count). The summed E-state index contributed by atoms with van der Waals surface area (Å²) in [4.78, 5) is 10.9. The zero-order valence-corrected chi connectivity index (χ0v) is 9.17. The number of aromatic hydroxyl groups is 1. The first-order chi connectivity index (χ1) is 8.17. The molecule has 0 aliphatic rings. The molecule has 0 spiro atoms. The Labute approximate surface area is 98.1 Å². The molecule has 0 saturated heterocycles. The van der Waals surface area contributed by atoms with Crippen LogP contribution in [0.1, 0.15) is 12.0 Å². The van der Waals surface area contributed by atoms with Crippen molar-refractivity contribution < 1.29 is 14.6 Å². The number of nitrogens with one attached hydrogen (secondary N) is 1. The van der Waals surface area contributed by atoms with E-state index in [0.29, 0.717) is 11.3 Å². The second kappa shape index (κ2) is 6.12. The summed E-state index contributed by atoms with van der Waals surface area (Å²) in [6.07, 6.45) is 1.11. The smallest absolute Gasteiger partial charge is 0.254 e. The van der Waals surface area contributed by atoms with Crippen molar-refractivity contribution in [1.29, 1.82) is 5.26 Å². The fourth-order valence-corrected chi connectivity index (χ4v) is 1.08. The zero-order chi connectivity index (χ0) is 12.7. The molecule has 0 aromatic heterocycles. The van der Waals surface area contributed by atoms with E-state index in [1.807, 2.05) is 0 Å². The van der Waals surface area contributed by atoms with Crippen LogP contribution in [0.15, 0.2) is 23.3 Å². The molecule has 0 radical (unpaired) electrons. The van der Waals surface area contributed by atoms with Gasteiger partial charge in [-0.25, -0.2) is 5.43 Å². The number of benzene rings is 1. The topological polar surface area (TPSA) is 94.7 Å². The van der Waals surface area contributed by atoms with E-state index in [0.717, 1.165) is 0 Å². The number of hydrazone groups is 1. The predicted molar refractivity (Wildman–Crippen MR) is 60.6 cm³/mol. The first-order valence-electron chi connectivity index (χ1n) is 4.73. The number of phenolic OH excluding ortho intramolecular Hbond substituents is 1. The van der Waals surface area contributed by atoms with Gasteiger partial charge in [0, 0.05) is 0 Å². The highest BCUT2D eigenvalue weighted by Gasteiger charge is 2.01. The molecule has 1 aromatic carbocycles. The summed E-state index contributed by atoms with van der Waals surface area (Å²) in [6.45, 7) is 0. The van der Waals surface area contributed by atoms with E-state index >= 15 is 0 Å². The Hall–Kier alpha value is -2.55. The number of ether oxygens (including phenoxy) is 1. The fourth-order valence-electron chi connectivity index (χ4n) is 1.08. The minimum Gasteiger partial charge on any atom is -0.504 e. The molecule has 0 saturated carbocycles. The van der Waals surface area contributed by atoms with E-state index in [-0.39, 0.29) is 12.2 Å². The predicted octanol–water partition coefficient (Wildman–Crippen LogP) is 0.765. The SMILES string of the molecule is COc1ccc(C=NNC(=O)CC#N)cc1O. The first kappa shape index (κ1) is 12.5. The quantitative estimate of drug-likeness (QED) is 0.593. The van der Waals surface area contributed by atoms with Crippen LogP contribution in [-0.2, 0) is 4.79 Å². The van der Waals surface area contributed by atoms with Crippen molar-refractivity contribution in [2.45, 2.75) is 6.42 Å². The van der Waals surface area contributed by atoms with Crippen molar-refractivity contribution in [2.75, 3.05) is 7.11 Å². The monoisotopic (exact) mass is 233 g/mol. The van der Waals surface area contributed by atoms with Gasteiger partial charge in [-0.15, -0.1) is 0 Å². The van der Waals surface area contributed by atoms with Gasteiger partial charge in [-0.2, -0.15) is 10.4 Å². The van der Waals surface area contributed by atoms with Gasteiger partial charge in [0.25, 0.3) is 5.91 Å². The Morgan fingerprint density at radius 3 is 3.06 bits per heavy atom. The Bertz CT molecular complexity index is 477. The number of methoxy groups -OCH3 is 1. The zero-order valence-electron chi connectivity index (χ0n) is 9.17. The minimum absolute atomic E-state index is 0.0141. The van der Waals surface area contributed by atoms with Crippen molar-refractivity contribution >= 4 is 12.1 Å². The third-order valence-corrected chi connectivity index (χ3v) is 1.85. The lowest BCUT2D eigenvalue weighted by molar-refractivity contribution is -0.120. The van der Waals surface area contributed by atoms with Gasteiger partial charge in [-0.1, -0.05) is 0 Å². The lowest BCUT2D eigenvalue weighted by Crippen LogP contribution is -2.16. The van der Waals surface area contributed by atoms with Crippen molar-refractivity contribution in [2.24, 2.45) is 5.10 Å². The number of amides is 1. The van der Waals surface area contributed by atoms with Crippen LogP contribution in [0.25, 0.3) is 0 Å². The molecule has 0 fully saturated rings. The van der Waals surface area contributed by atoms with E-state index in [2.05, 4.69) is 10.5 Å². The van der Waals surface area contributed by atoms with Gasteiger partial charge in [0.15, 0.2) is 11.5 Å². The van der Waals surface area contributed by atoms with E-state index in [1.54, 1.807) is 18.2 Å². The lowest BCUT2D eigenvalue weighted by atomic mass is 10.2. The molecule has 88 valence electrons. The second-order valence-corrected chi connectivity index (χ2v) is 3.06. The Morgan fingerprint density at radius 2 is 2.47 bits per heavy atom. The van der Waals surface area contributed by atoms with Crippen LogP contribution >= 0.6 is 0 Å². The van der Waals surface area contributed by atoms with Crippen LogP contribution in [0.3, 0.4) is 0 Å². The Balaban J connectivity index is 2.63. The normalized spacial score (nSPS) is 9.88. The van der Waals surface area contributed by atoms with Crippen LogP contribution < -0.4 is 10.2 Å². The average molecular weight is 233 g/mol. The van der Waals surface area contributed by atoms with E-state index in [9.17, 15) is 9.90 Å². The summed E-state index contributed by atoms with van der Waals surface area (Å²) in [5.41, 5.74) is 2.77. The summed E-state index contributed by atoms with van der Waals surface area (Å²) in [5.74, 6) is -0.142. The van der Waals surface area contributed by atoms with Gasteiger partial charge in [0.1, 0.15) is 6.42 Å². The average Bonchev–Trinajstić information content (AvgIpc) is 2.29. The van der Waals surface area contributed by atoms with Crippen LogP contribution in [0.5, 0.6) is 11.5 Å². The Kier molecular flexibility index (Phi) is 4.51. The summed E-state index contributed by atoms with van der Waals surface area (Å²) < 4.78 is 4.87. The van der Waals surface area contributed by atoms with E-state index in [4.69, 9.17) is 10.00 Å². The van der Waals surface area contributed by atoms with Crippen LogP contribution in [0.2, 0.25) is 0 Å². The number of phenols is 1. The second-order valence-electron chi connectivity index (χ2n) is 3.06. The summed E-state index contributed by atoms with van der Waals surface area (Å²) in [5, 5.41) is 21.3. The molecule has 1 aromatic rings. The molecule has 6 nitrogen and oxygen atoms in total. The van der Waals surface area contributed by atoms with Crippen molar-refractivity contribution in [1.82, 2.24) is 5.43 Å². The molecule has 0 atom stereocenters. The number of nitriles is 1.